The molecule has 2 aromatic heterocycles. The maximum Gasteiger partial charge on any atom is 0.236 e. The van der Waals surface area contributed by atoms with Crippen LogP contribution in [-0.4, -0.2) is 36.6 Å². The van der Waals surface area contributed by atoms with Crippen LogP contribution in [0.15, 0.2) is 35.7 Å². The van der Waals surface area contributed by atoms with Crippen LogP contribution in [-0.2, 0) is 11.2 Å². The topological polar surface area (TPSA) is 85.6 Å². The molecular weight excluding hydrogens is 368 g/mol. The van der Waals surface area contributed by atoms with Crippen molar-refractivity contribution in [3.8, 4) is 5.69 Å². The fourth-order valence-electron chi connectivity index (χ4n) is 1.86. The van der Waals surface area contributed by atoms with Gasteiger partial charge in [0.15, 0.2) is 5.16 Å². The summed E-state index contributed by atoms with van der Waals surface area (Å²) in [6.07, 6.45) is 2.38. The Morgan fingerprint density at radius 3 is 3.00 bits per heavy atom. The summed E-state index contributed by atoms with van der Waals surface area (Å²) in [7, 11) is 0. The van der Waals surface area contributed by atoms with Gasteiger partial charge in [0.05, 0.1) is 11.4 Å². The molecule has 0 aliphatic carbocycles. The van der Waals surface area contributed by atoms with Gasteiger partial charge in [0.1, 0.15) is 11.3 Å². The molecule has 1 N–H and O–H groups in total. The number of nitrogens with zero attached hydrogens (tertiary/aromatic N) is 5. The molecule has 0 unspecified atom stereocenters. The van der Waals surface area contributed by atoms with Gasteiger partial charge in [-0.1, -0.05) is 47.7 Å². The number of aromatic nitrogens is 5. The Morgan fingerprint density at radius 2 is 2.25 bits per heavy atom. The highest BCUT2D eigenvalue weighted by molar-refractivity contribution is 7.99. The summed E-state index contributed by atoms with van der Waals surface area (Å²) in [4.78, 5) is 12.0. The molecule has 1 amide bonds. The molecule has 124 valence electrons. The van der Waals surface area contributed by atoms with Crippen LogP contribution in [0.4, 0.5) is 5.13 Å². The van der Waals surface area contributed by atoms with Gasteiger partial charge in [-0.25, -0.2) is 0 Å². The normalized spacial score (nSPS) is 10.8. The average Bonchev–Trinajstić information content (AvgIpc) is 3.21. The summed E-state index contributed by atoms with van der Waals surface area (Å²) in [5, 5.41) is 21.2. The smallest absolute Gasteiger partial charge is 0.236 e. The highest BCUT2D eigenvalue weighted by Gasteiger charge is 2.12. The van der Waals surface area contributed by atoms with E-state index in [1.807, 2.05) is 25.1 Å². The number of aryl methyl sites for hydroxylation is 1. The second-order valence-electron chi connectivity index (χ2n) is 4.65. The van der Waals surface area contributed by atoms with E-state index < -0.39 is 0 Å². The summed E-state index contributed by atoms with van der Waals surface area (Å²) in [6.45, 7) is 1.99. The summed E-state index contributed by atoms with van der Waals surface area (Å²) in [5.41, 5.74) is 0.840. The third kappa shape index (κ3) is 4.11. The van der Waals surface area contributed by atoms with E-state index in [0.29, 0.717) is 15.3 Å². The Kier molecular flexibility index (Phi) is 5.44. The van der Waals surface area contributed by atoms with Crippen molar-refractivity contribution in [2.75, 3.05) is 11.1 Å². The number of nitrogens with one attached hydrogen (secondary N) is 1. The molecule has 0 aliphatic rings. The van der Waals surface area contributed by atoms with Crippen LogP contribution in [0.25, 0.3) is 5.69 Å². The van der Waals surface area contributed by atoms with Crippen molar-refractivity contribution in [1.82, 2.24) is 25.0 Å². The van der Waals surface area contributed by atoms with Gasteiger partial charge in [-0.15, -0.1) is 20.4 Å². The van der Waals surface area contributed by atoms with E-state index in [2.05, 4.69) is 25.7 Å². The Bertz CT molecular complexity index is 849. The van der Waals surface area contributed by atoms with E-state index in [-0.39, 0.29) is 11.7 Å². The minimum Gasteiger partial charge on any atom is -0.300 e. The van der Waals surface area contributed by atoms with Crippen LogP contribution in [0.3, 0.4) is 0 Å². The zero-order valence-electron chi connectivity index (χ0n) is 12.6. The number of hydrogen-bond acceptors (Lipinski definition) is 7. The number of benzene rings is 1. The first-order valence-electron chi connectivity index (χ1n) is 7.06. The van der Waals surface area contributed by atoms with Crippen LogP contribution in [0.1, 0.15) is 11.9 Å². The molecule has 3 aromatic rings. The molecule has 10 heteroatoms. The minimum absolute atomic E-state index is 0.167. The Balaban J connectivity index is 1.63. The molecule has 7 nitrogen and oxygen atoms in total. The van der Waals surface area contributed by atoms with Crippen molar-refractivity contribution >= 4 is 45.7 Å². The van der Waals surface area contributed by atoms with Crippen molar-refractivity contribution in [2.45, 2.75) is 18.5 Å². The molecule has 0 saturated heterocycles. The van der Waals surface area contributed by atoms with Crippen LogP contribution < -0.4 is 5.32 Å². The lowest BCUT2D eigenvalue weighted by atomic mass is 10.3. The predicted octanol–water partition coefficient (Wildman–Crippen LogP) is 3.07. The summed E-state index contributed by atoms with van der Waals surface area (Å²) in [6, 6.07) is 7.34. The fourth-order valence-corrected chi connectivity index (χ4v) is 3.47. The molecule has 2 heterocycles. The summed E-state index contributed by atoms with van der Waals surface area (Å²) < 4.78 is 1.78. The highest BCUT2D eigenvalue weighted by Crippen LogP contribution is 2.22. The minimum atomic E-state index is -0.167. The number of thioether (sulfide) groups is 1. The molecule has 3 rings (SSSR count). The van der Waals surface area contributed by atoms with Gasteiger partial charge in [0.2, 0.25) is 11.0 Å². The monoisotopic (exact) mass is 380 g/mol. The van der Waals surface area contributed by atoms with Crippen LogP contribution in [0.5, 0.6) is 0 Å². The Labute approximate surface area is 151 Å². The zero-order valence-corrected chi connectivity index (χ0v) is 15.0. The number of carbonyl (C=O) groups excluding carboxylic acids is 1. The number of anilines is 1. The number of rotatable bonds is 6. The van der Waals surface area contributed by atoms with Crippen molar-refractivity contribution in [2.24, 2.45) is 0 Å². The maximum absolute atomic E-state index is 12.0. The van der Waals surface area contributed by atoms with Crippen molar-refractivity contribution in [3.05, 3.63) is 40.6 Å². The average molecular weight is 381 g/mol. The maximum atomic E-state index is 12.0. The standard InChI is InChI=1S/C14H13ClN6OS2/c1-2-12-18-19-13(24-12)17-11(22)7-23-14-20-16-8-21(14)10-5-3-4-9(15)6-10/h3-6,8H,2,7H2,1H3,(H,17,19,22). The fraction of sp³-hybridized carbons (Fsp3) is 0.214. The van der Waals surface area contributed by atoms with Crippen LogP contribution in [0, 0.1) is 0 Å². The number of amides is 1. The third-order valence-electron chi connectivity index (χ3n) is 2.95. The molecule has 0 aliphatic heterocycles. The van der Waals surface area contributed by atoms with Gasteiger partial charge in [-0.05, 0) is 24.6 Å². The van der Waals surface area contributed by atoms with Crippen LogP contribution >= 0.6 is 34.7 Å². The molecule has 1 aromatic carbocycles. The molecular formula is C14H13ClN6OS2. The van der Waals surface area contributed by atoms with Gasteiger partial charge < -0.3 is 0 Å². The molecule has 0 atom stereocenters. The van der Waals surface area contributed by atoms with Crippen LogP contribution in [0.2, 0.25) is 5.02 Å². The highest BCUT2D eigenvalue weighted by atomic mass is 35.5. The van der Waals surface area contributed by atoms with Gasteiger partial charge >= 0.3 is 0 Å². The molecule has 0 bridgehead atoms. The Morgan fingerprint density at radius 1 is 1.38 bits per heavy atom. The number of carbonyl (C=O) groups is 1. The van der Waals surface area contributed by atoms with Crippen molar-refractivity contribution in [1.29, 1.82) is 0 Å². The lowest BCUT2D eigenvalue weighted by molar-refractivity contribution is -0.113. The van der Waals surface area contributed by atoms with Crippen molar-refractivity contribution < 1.29 is 4.79 Å². The van der Waals surface area contributed by atoms with E-state index in [1.165, 1.54) is 23.1 Å². The van der Waals surface area contributed by atoms with E-state index >= 15 is 0 Å². The lowest BCUT2D eigenvalue weighted by Crippen LogP contribution is -2.14. The van der Waals surface area contributed by atoms with E-state index in [0.717, 1.165) is 17.1 Å². The molecule has 24 heavy (non-hydrogen) atoms. The number of halogens is 1. The second kappa shape index (κ2) is 7.73. The first-order valence-corrected chi connectivity index (χ1v) is 9.24. The summed E-state index contributed by atoms with van der Waals surface area (Å²) in [5.74, 6) is 0.0276. The molecule has 0 radical (unpaired) electrons. The third-order valence-corrected chi connectivity index (χ3v) is 5.11. The van der Waals surface area contributed by atoms with Gasteiger partial charge in [-0.2, -0.15) is 0 Å². The second-order valence-corrected chi connectivity index (χ2v) is 7.10. The van der Waals surface area contributed by atoms with Gasteiger partial charge in [0.25, 0.3) is 0 Å². The first-order chi connectivity index (χ1) is 11.7. The van der Waals surface area contributed by atoms with E-state index in [4.69, 9.17) is 11.6 Å². The van der Waals surface area contributed by atoms with Crippen molar-refractivity contribution in [3.63, 3.8) is 0 Å². The quantitative estimate of drug-likeness (QED) is 0.661. The lowest BCUT2D eigenvalue weighted by Gasteiger charge is -2.06. The van der Waals surface area contributed by atoms with E-state index in [1.54, 1.807) is 17.0 Å². The van der Waals surface area contributed by atoms with E-state index in [9.17, 15) is 4.79 Å². The van der Waals surface area contributed by atoms with Gasteiger partial charge in [0, 0.05) is 5.02 Å². The molecule has 0 spiro atoms. The molecule has 0 fully saturated rings. The SMILES string of the molecule is CCc1nnc(NC(=O)CSc2nncn2-c2cccc(Cl)c2)s1. The van der Waals surface area contributed by atoms with Gasteiger partial charge in [-0.3, -0.25) is 14.7 Å². The Hall–Kier alpha value is -1.97. The summed E-state index contributed by atoms with van der Waals surface area (Å²) >= 11 is 8.67. The first kappa shape index (κ1) is 16.9. The predicted molar refractivity (Wildman–Crippen MR) is 95.0 cm³/mol. The molecule has 0 saturated carbocycles. The zero-order chi connectivity index (χ0) is 16.9. The largest absolute Gasteiger partial charge is 0.300 e. The number of hydrogen-bond donors (Lipinski definition) is 1.